The molecule has 9 heteroatoms. The van der Waals surface area contributed by atoms with E-state index >= 15 is 0 Å². The van der Waals surface area contributed by atoms with Crippen LogP contribution >= 0.6 is 46.9 Å². The van der Waals surface area contributed by atoms with Crippen molar-refractivity contribution < 1.29 is 4.79 Å². The zero-order chi connectivity index (χ0) is 19.7. The second kappa shape index (κ2) is 9.49. The molecule has 1 fully saturated rings. The van der Waals surface area contributed by atoms with E-state index in [1.807, 2.05) is 43.4 Å². The lowest BCUT2D eigenvalue weighted by Gasteiger charge is -2.33. The third-order valence-electron chi connectivity index (χ3n) is 5.05. The highest BCUT2D eigenvalue weighted by atomic mass is 35.5. The lowest BCUT2D eigenvalue weighted by Crippen LogP contribution is -2.49. The first-order chi connectivity index (χ1) is 13.5. The van der Waals surface area contributed by atoms with Crippen molar-refractivity contribution in [1.82, 2.24) is 20.4 Å². The number of aryl methyl sites for hydroxylation is 1. The predicted molar refractivity (Wildman–Crippen MR) is 122 cm³/mol. The average Bonchev–Trinajstić information content (AvgIpc) is 3.29. The number of piperidine rings is 1. The Hall–Kier alpha value is -1.57. The van der Waals surface area contributed by atoms with E-state index in [0.29, 0.717) is 9.90 Å². The minimum Gasteiger partial charge on any atom is -0.347 e. The summed E-state index contributed by atoms with van der Waals surface area (Å²) in [6.45, 7) is 1.67. The molecule has 3 aromatic rings. The number of nitrogens with zero attached hydrogens (tertiary/aromatic N) is 2. The van der Waals surface area contributed by atoms with E-state index in [4.69, 9.17) is 23.2 Å². The maximum atomic E-state index is 12.9. The van der Waals surface area contributed by atoms with E-state index in [1.54, 1.807) is 10.9 Å². The fraction of sp³-hybridized carbons (Fsp3) is 0.300. The molecular weight excluding hydrogens is 451 g/mol. The molecule has 1 aliphatic heterocycles. The number of hydrogen-bond acceptors (Lipinski definition) is 4. The summed E-state index contributed by atoms with van der Waals surface area (Å²) in [5.74, 6) is 0.190. The number of aromatic nitrogens is 2. The topological polar surface area (TPSA) is 59.0 Å². The summed E-state index contributed by atoms with van der Waals surface area (Å²) in [5.41, 5.74) is 2.02. The van der Waals surface area contributed by atoms with Gasteiger partial charge in [0.25, 0.3) is 5.91 Å². The number of thiophene rings is 1. The predicted octanol–water partition coefficient (Wildman–Crippen LogP) is 4.75. The number of carbonyl (C=O) groups is 1. The molecule has 1 saturated heterocycles. The van der Waals surface area contributed by atoms with Crippen LogP contribution < -0.4 is 10.6 Å². The van der Waals surface area contributed by atoms with Crippen LogP contribution in [-0.2, 0) is 7.05 Å². The highest BCUT2D eigenvalue weighted by Gasteiger charge is 2.28. The van der Waals surface area contributed by atoms with Gasteiger partial charge in [0.1, 0.15) is 0 Å². The molecule has 3 heterocycles. The van der Waals surface area contributed by atoms with Gasteiger partial charge in [0.05, 0.1) is 26.7 Å². The number of rotatable bonds is 4. The van der Waals surface area contributed by atoms with Crippen LogP contribution in [0.25, 0.3) is 10.6 Å². The summed E-state index contributed by atoms with van der Waals surface area (Å²) < 4.78 is 1.72. The lowest BCUT2D eigenvalue weighted by molar-refractivity contribution is 0.0928. The molecule has 5 nitrogen and oxygen atoms in total. The van der Waals surface area contributed by atoms with Gasteiger partial charge in [-0.3, -0.25) is 9.48 Å². The zero-order valence-corrected chi connectivity index (χ0v) is 18.8. The monoisotopic (exact) mass is 470 g/mol. The van der Waals surface area contributed by atoms with Crippen LogP contribution in [0.15, 0.2) is 42.6 Å². The zero-order valence-electron chi connectivity index (χ0n) is 15.7. The molecule has 0 bridgehead atoms. The molecule has 0 radical (unpaired) electrons. The van der Waals surface area contributed by atoms with Crippen molar-refractivity contribution in [2.24, 2.45) is 7.05 Å². The second-order valence-electron chi connectivity index (χ2n) is 6.86. The third-order valence-corrected chi connectivity index (χ3v) is 6.67. The van der Waals surface area contributed by atoms with Gasteiger partial charge in [0, 0.05) is 30.6 Å². The van der Waals surface area contributed by atoms with Gasteiger partial charge in [0.15, 0.2) is 0 Å². The van der Waals surface area contributed by atoms with E-state index in [-0.39, 0.29) is 30.3 Å². The van der Waals surface area contributed by atoms with Crippen LogP contribution in [0.5, 0.6) is 0 Å². The Labute approximate surface area is 189 Å². The van der Waals surface area contributed by atoms with Crippen molar-refractivity contribution >= 4 is 52.9 Å². The van der Waals surface area contributed by atoms with E-state index in [9.17, 15) is 4.79 Å². The Morgan fingerprint density at radius 1 is 1.24 bits per heavy atom. The van der Waals surface area contributed by atoms with Crippen molar-refractivity contribution in [3.63, 3.8) is 0 Å². The molecule has 2 N–H and O–H groups in total. The molecule has 0 aliphatic carbocycles. The lowest BCUT2D eigenvalue weighted by atomic mass is 9.86. The van der Waals surface area contributed by atoms with Gasteiger partial charge in [-0.05, 0) is 42.8 Å². The number of nitrogens with one attached hydrogen (secondary N) is 2. The standard InChI is InChI=1S/C20H20Cl2N4OS.ClH/c1-26-19(15(22)10-24-26)17-6-7-18(28-17)20(27)25-16-11-23-9-8-14(16)12-2-4-13(21)5-3-12;/h2-7,10,14,16,23H,8-9,11H2,1H3,(H,25,27);1H/t14-,16+;/m0./s1. The summed E-state index contributed by atoms with van der Waals surface area (Å²) in [6, 6.07) is 11.7. The Balaban J connectivity index is 0.00000240. The Morgan fingerprint density at radius 3 is 2.69 bits per heavy atom. The Morgan fingerprint density at radius 2 is 2.00 bits per heavy atom. The van der Waals surface area contributed by atoms with Gasteiger partial charge in [-0.15, -0.1) is 23.7 Å². The molecule has 1 aliphatic rings. The van der Waals surface area contributed by atoms with Gasteiger partial charge in [-0.25, -0.2) is 0 Å². The van der Waals surface area contributed by atoms with Gasteiger partial charge in [0.2, 0.25) is 0 Å². The maximum absolute atomic E-state index is 12.9. The van der Waals surface area contributed by atoms with Crippen LogP contribution in [0, 0.1) is 0 Å². The quantitative estimate of drug-likeness (QED) is 0.577. The first-order valence-electron chi connectivity index (χ1n) is 9.07. The Kier molecular flexibility index (Phi) is 7.24. The summed E-state index contributed by atoms with van der Waals surface area (Å²) in [7, 11) is 1.84. The number of benzene rings is 1. The highest BCUT2D eigenvalue weighted by Crippen LogP contribution is 2.33. The van der Waals surface area contributed by atoms with Gasteiger partial charge in [-0.1, -0.05) is 35.3 Å². The van der Waals surface area contributed by atoms with E-state index < -0.39 is 0 Å². The molecule has 0 saturated carbocycles. The molecule has 29 heavy (non-hydrogen) atoms. The van der Waals surface area contributed by atoms with Crippen LogP contribution in [0.3, 0.4) is 0 Å². The van der Waals surface area contributed by atoms with Crippen molar-refractivity contribution in [3.8, 4) is 10.6 Å². The molecule has 2 aromatic heterocycles. The van der Waals surface area contributed by atoms with Crippen LogP contribution in [0.2, 0.25) is 10.0 Å². The summed E-state index contributed by atoms with van der Waals surface area (Å²) in [6.07, 6.45) is 2.58. The fourth-order valence-corrected chi connectivity index (χ4v) is 5.08. The number of halogens is 3. The largest absolute Gasteiger partial charge is 0.347 e. The number of amides is 1. The molecule has 0 unspecified atom stereocenters. The highest BCUT2D eigenvalue weighted by molar-refractivity contribution is 7.17. The first-order valence-corrected chi connectivity index (χ1v) is 10.6. The Bertz CT molecular complexity index is 967. The molecule has 154 valence electrons. The average molecular weight is 472 g/mol. The number of carbonyl (C=O) groups excluding carboxylic acids is 1. The van der Waals surface area contributed by atoms with E-state index in [1.165, 1.54) is 16.9 Å². The normalized spacial score (nSPS) is 18.9. The van der Waals surface area contributed by atoms with Crippen LogP contribution in [0.1, 0.15) is 27.6 Å². The minimum absolute atomic E-state index is 0. The molecule has 4 rings (SSSR count). The summed E-state index contributed by atoms with van der Waals surface area (Å²) in [4.78, 5) is 14.5. The SMILES string of the molecule is Cl.Cn1ncc(Cl)c1-c1ccc(C(=O)N[C@@H]2CNCC[C@H]2c2ccc(Cl)cc2)s1. The van der Waals surface area contributed by atoms with Gasteiger partial charge in [-0.2, -0.15) is 5.10 Å². The van der Waals surface area contributed by atoms with Crippen LogP contribution in [-0.4, -0.2) is 34.8 Å². The van der Waals surface area contributed by atoms with Crippen molar-refractivity contribution in [2.75, 3.05) is 13.1 Å². The maximum Gasteiger partial charge on any atom is 0.261 e. The van der Waals surface area contributed by atoms with E-state index in [0.717, 1.165) is 35.1 Å². The summed E-state index contributed by atoms with van der Waals surface area (Å²) in [5, 5.41) is 12.0. The number of hydrogen-bond donors (Lipinski definition) is 2. The molecule has 0 spiro atoms. The smallest absolute Gasteiger partial charge is 0.261 e. The second-order valence-corrected chi connectivity index (χ2v) is 8.79. The minimum atomic E-state index is -0.0674. The third kappa shape index (κ3) is 4.78. The van der Waals surface area contributed by atoms with Crippen molar-refractivity contribution in [2.45, 2.75) is 18.4 Å². The molecular formula is C20H21Cl3N4OS. The molecule has 2 atom stereocenters. The summed E-state index contributed by atoms with van der Waals surface area (Å²) >= 11 is 13.7. The molecule has 1 amide bonds. The van der Waals surface area contributed by atoms with Crippen molar-refractivity contribution in [1.29, 1.82) is 0 Å². The van der Waals surface area contributed by atoms with Crippen LogP contribution in [0.4, 0.5) is 0 Å². The van der Waals surface area contributed by atoms with Gasteiger partial charge >= 0.3 is 0 Å². The molecule has 1 aromatic carbocycles. The first kappa shape index (κ1) is 22.1. The fourth-order valence-electron chi connectivity index (χ4n) is 3.63. The van der Waals surface area contributed by atoms with Crippen molar-refractivity contribution in [3.05, 3.63) is 63.1 Å². The van der Waals surface area contributed by atoms with Gasteiger partial charge < -0.3 is 10.6 Å². The van der Waals surface area contributed by atoms with E-state index in [2.05, 4.69) is 15.7 Å².